The van der Waals surface area contributed by atoms with Gasteiger partial charge in [0.1, 0.15) is 5.82 Å². The van der Waals surface area contributed by atoms with E-state index in [1.165, 1.54) is 18.2 Å². The minimum Gasteiger partial charge on any atom is -0.349 e. The number of benzene rings is 2. The van der Waals surface area contributed by atoms with Crippen LogP contribution in [0, 0.1) is 5.82 Å². The van der Waals surface area contributed by atoms with Crippen molar-refractivity contribution in [2.75, 3.05) is 6.54 Å². The van der Waals surface area contributed by atoms with Crippen LogP contribution in [0.25, 0.3) is 0 Å². The molecular weight excluding hydrogens is 402 g/mol. The average molecular weight is 419 g/mol. The lowest BCUT2D eigenvalue weighted by molar-refractivity contribution is -0.121. The summed E-state index contributed by atoms with van der Waals surface area (Å²) in [5.74, 6) is -1.04. The third-order valence-electron chi connectivity index (χ3n) is 3.58. The van der Waals surface area contributed by atoms with Crippen LogP contribution in [0.5, 0.6) is 0 Å². The molecule has 0 aliphatic rings. The van der Waals surface area contributed by atoms with E-state index in [-0.39, 0.29) is 27.9 Å². The molecule has 26 heavy (non-hydrogen) atoms. The van der Waals surface area contributed by atoms with Gasteiger partial charge in [0.25, 0.3) is 0 Å². The van der Waals surface area contributed by atoms with Gasteiger partial charge in [0.15, 0.2) is 0 Å². The first-order valence-corrected chi connectivity index (χ1v) is 9.93. The SMILES string of the molecule is CC(NC(=O)CCNS(=O)(=O)c1ccccc1)c1cc(F)c(Cl)cc1Cl. The van der Waals surface area contributed by atoms with Gasteiger partial charge in [-0.25, -0.2) is 17.5 Å². The molecule has 0 fully saturated rings. The Labute approximate surface area is 161 Å². The molecule has 0 heterocycles. The maximum Gasteiger partial charge on any atom is 0.240 e. The van der Waals surface area contributed by atoms with E-state index in [9.17, 15) is 17.6 Å². The number of rotatable bonds is 7. The summed E-state index contributed by atoms with van der Waals surface area (Å²) in [5.41, 5.74) is 0.381. The molecule has 0 saturated carbocycles. The van der Waals surface area contributed by atoms with Gasteiger partial charge in [-0.3, -0.25) is 4.79 Å². The van der Waals surface area contributed by atoms with E-state index < -0.39 is 27.8 Å². The van der Waals surface area contributed by atoms with Crippen molar-refractivity contribution in [3.8, 4) is 0 Å². The molecule has 9 heteroatoms. The van der Waals surface area contributed by atoms with Gasteiger partial charge >= 0.3 is 0 Å². The molecule has 1 amide bonds. The Morgan fingerprint density at radius 2 is 1.81 bits per heavy atom. The lowest BCUT2D eigenvalue weighted by Crippen LogP contribution is -2.32. The highest BCUT2D eigenvalue weighted by Gasteiger charge is 2.17. The van der Waals surface area contributed by atoms with Crippen LogP contribution >= 0.6 is 23.2 Å². The molecule has 0 aliphatic heterocycles. The Morgan fingerprint density at radius 1 is 1.15 bits per heavy atom. The summed E-state index contributed by atoms with van der Waals surface area (Å²) in [4.78, 5) is 12.1. The molecule has 2 aromatic rings. The van der Waals surface area contributed by atoms with Crippen LogP contribution in [0.4, 0.5) is 4.39 Å². The minimum absolute atomic E-state index is 0.0709. The average Bonchev–Trinajstić information content (AvgIpc) is 2.58. The molecule has 0 radical (unpaired) electrons. The number of carbonyl (C=O) groups excluding carboxylic acids is 1. The van der Waals surface area contributed by atoms with Crippen molar-refractivity contribution in [2.24, 2.45) is 0 Å². The molecule has 1 unspecified atom stereocenters. The standard InChI is InChI=1S/C17H17Cl2FN2O3S/c1-11(13-9-16(20)15(19)10-14(13)18)22-17(23)7-8-21-26(24,25)12-5-3-2-4-6-12/h2-6,9-11,21H,7-8H2,1H3,(H,22,23). The number of halogens is 3. The van der Waals surface area contributed by atoms with Crippen molar-refractivity contribution in [3.05, 3.63) is 63.9 Å². The van der Waals surface area contributed by atoms with Crippen molar-refractivity contribution in [1.29, 1.82) is 0 Å². The third-order valence-corrected chi connectivity index (χ3v) is 5.68. The number of amides is 1. The molecule has 2 aromatic carbocycles. The summed E-state index contributed by atoms with van der Waals surface area (Å²) in [5, 5.41) is 2.77. The van der Waals surface area contributed by atoms with E-state index in [2.05, 4.69) is 10.0 Å². The van der Waals surface area contributed by atoms with Gasteiger partial charge in [-0.05, 0) is 36.8 Å². The largest absolute Gasteiger partial charge is 0.349 e. The predicted molar refractivity (Wildman–Crippen MR) is 99.2 cm³/mol. The quantitative estimate of drug-likeness (QED) is 0.673. The van der Waals surface area contributed by atoms with Gasteiger partial charge in [0.05, 0.1) is 16.0 Å². The van der Waals surface area contributed by atoms with Crippen LogP contribution < -0.4 is 10.0 Å². The first-order chi connectivity index (χ1) is 12.2. The second-order valence-corrected chi connectivity index (χ2v) is 8.12. The Kier molecular flexibility index (Phi) is 7.00. The van der Waals surface area contributed by atoms with Crippen LogP contribution in [0.3, 0.4) is 0 Å². The molecule has 0 saturated heterocycles. The topological polar surface area (TPSA) is 75.3 Å². The van der Waals surface area contributed by atoms with Crippen molar-refractivity contribution in [1.82, 2.24) is 10.0 Å². The van der Waals surface area contributed by atoms with Gasteiger partial charge in [0.2, 0.25) is 15.9 Å². The number of hydrogen-bond acceptors (Lipinski definition) is 3. The predicted octanol–water partition coefficient (Wildman–Crippen LogP) is 3.68. The fraction of sp³-hybridized carbons (Fsp3) is 0.235. The summed E-state index contributed by atoms with van der Waals surface area (Å²) in [6.45, 7) is 1.57. The maximum atomic E-state index is 13.6. The van der Waals surface area contributed by atoms with E-state index in [1.807, 2.05) is 0 Å². The summed E-state index contributed by atoms with van der Waals surface area (Å²) < 4.78 is 40.0. The van der Waals surface area contributed by atoms with Gasteiger partial charge < -0.3 is 5.32 Å². The number of carbonyl (C=O) groups is 1. The Morgan fingerprint density at radius 3 is 2.46 bits per heavy atom. The highest BCUT2D eigenvalue weighted by molar-refractivity contribution is 7.89. The summed E-state index contributed by atoms with van der Waals surface area (Å²) in [6.07, 6.45) is -0.0793. The zero-order chi connectivity index (χ0) is 19.3. The normalized spacial score (nSPS) is 12.6. The molecule has 2 rings (SSSR count). The fourth-order valence-electron chi connectivity index (χ4n) is 2.24. The van der Waals surface area contributed by atoms with E-state index in [1.54, 1.807) is 25.1 Å². The molecule has 140 valence electrons. The van der Waals surface area contributed by atoms with Crippen LogP contribution in [-0.2, 0) is 14.8 Å². The van der Waals surface area contributed by atoms with Crippen molar-refractivity contribution >= 4 is 39.1 Å². The number of hydrogen-bond donors (Lipinski definition) is 2. The molecule has 0 spiro atoms. The third kappa shape index (κ3) is 5.41. The van der Waals surface area contributed by atoms with Crippen molar-refractivity contribution < 1.29 is 17.6 Å². The van der Waals surface area contributed by atoms with E-state index >= 15 is 0 Å². The van der Waals surface area contributed by atoms with Gasteiger partial charge in [-0.2, -0.15) is 0 Å². The van der Waals surface area contributed by atoms with Crippen molar-refractivity contribution in [3.63, 3.8) is 0 Å². The molecule has 5 nitrogen and oxygen atoms in total. The van der Waals surface area contributed by atoms with Gasteiger partial charge in [-0.15, -0.1) is 0 Å². The number of sulfonamides is 1. The number of nitrogens with one attached hydrogen (secondary N) is 2. The highest BCUT2D eigenvalue weighted by atomic mass is 35.5. The van der Waals surface area contributed by atoms with Gasteiger partial charge in [0, 0.05) is 18.0 Å². The zero-order valence-corrected chi connectivity index (χ0v) is 16.1. The fourth-order valence-corrected chi connectivity index (χ4v) is 3.84. The molecule has 0 aromatic heterocycles. The summed E-state index contributed by atoms with van der Waals surface area (Å²) in [6, 6.07) is 9.71. The van der Waals surface area contributed by atoms with E-state index in [4.69, 9.17) is 23.2 Å². The monoisotopic (exact) mass is 418 g/mol. The molecule has 0 aliphatic carbocycles. The van der Waals surface area contributed by atoms with Crippen LogP contribution in [0.2, 0.25) is 10.0 Å². The van der Waals surface area contributed by atoms with Gasteiger partial charge in [-0.1, -0.05) is 41.4 Å². The van der Waals surface area contributed by atoms with Crippen LogP contribution in [0.1, 0.15) is 24.9 Å². The first-order valence-electron chi connectivity index (χ1n) is 7.69. The van der Waals surface area contributed by atoms with Crippen molar-refractivity contribution in [2.45, 2.75) is 24.3 Å². The molecule has 1 atom stereocenters. The minimum atomic E-state index is -3.67. The molecule has 2 N–H and O–H groups in total. The Balaban J connectivity index is 1.90. The summed E-state index contributed by atoms with van der Waals surface area (Å²) >= 11 is 11.7. The smallest absolute Gasteiger partial charge is 0.240 e. The molecular formula is C17H17Cl2FN2O3S. The lowest BCUT2D eigenvalue weighted by Gasteiger charge is -2.16. The molecule has 0 bridgehead atoms. The lowest BCUT2D eigenvalue weighted by atomic mass is 10.1. The first kappa shape index (κ1) is 20.6. The zero-order valence-electron chi connectivity index (χ0n) is 13.8. The van der Waals surface area contributed by atoms with Crippen LogP contribution in [0.15, 0.2) is 47.4 Å². The second kappa shape index (κ2) is 8.81. The van der Waals surface area contributed by atoms with E-state index in [0.717, 1.165) is 6.07 Å². The van der Waals surface area contributed by atoms with Crippen LogP contribution in [-0.4, -0.2) is 20.9 Å². The highest BCUT2D eigenvalue weighted by Crippen LogP contribution is 2.28. The maximum absolute atomic E-state index is 13.6. The Bertz CT molecular complexity index is 892. The Hall–Kier alpha value is -1.67. The second-order valence-electron chi connectivity index (χ2n) is 5.54. The summed E-state index contributed by atoms with van der Waals surface area (Å²) in [7, 11) is -3.67. The van der Waals surface area contributed by atoms with E-state index in [0.29, 0.717) is 5.56 Å².